The summed E-state index contributed by atoms with van der Waals surface area (Å²) in [4.78, 5) is 20.8. The second-order valence-electron chi connectivity index (χ2n) is 1.74. The van der Waals surface area contributed by atoms with E-state index in [4.69, 9.17) is 23.2 Å². The van der Waals surface area contributed by atoms with Gasteiger partial charge in [0.1, 0.15) is 0 Å². The topological polar surface area (TPSA) is 34.1 Å². The van der Waals surface area contributed by atoms with E-state index in [-0.39, 0.29) is 12.0 Å². The van der Waals surface area contributed by atoms with Crippen LogP contribution in [-0.2, 0) is 9.59 Å². The number of hydrogen-bond acceptors (Lipinski definition) is 2. The Morgan fingerprint density at radius 1 is 1.36 bits per heavy atom. The zero-order valence-corrected chi connectivity index (χ0v) is 7.15. The molecule has 0 bridgehead atoms. The summed E-state index contributed by atoms with van der Waals surface area (Å²) in [5, 5.41) is -1.39. The van der Waals surface area contributed by atoms with E-state index >= 15 is 0 Å². The molecule has 0 atom stereocenters. The molecule has 0 unspecified atom stereocenters. The Bertz CT molecular complexity index is 218. The summed E-state index contributed by atoms with van der Waals surface area (Å²) in [5.41, 5.74) is 0.154. The first-order chi connectivity index (χ1) is 5.07. The molecule has 0 saturated carbocycles. The van der Waals surface area contributed by atoms with Gasteiger partial charge in [-0.3, -0.25) is 9.59 Å². The quantitative estimate of drug-likeness (QED) is 0.388. The number of hydrogen-bond donors (Lipinski definition) is 0. The van der Waals surface area contributed by atoms with Crippen molar-refractivity contribution in [3.63, 3.8) is 0 Å². The van der Waals surface area contributed by atoms with E-state index < -0.39 is 10.5 Å². The first kappa shape index (κ1) is 10.4. The average molecular weight is 193 g/mol. The molecule has 60 valence electrons. The van der Waals surface area contributed by atoms with Crippen molar-refractivity contribution in [2.45, 2.75) is 6.42 Å². The third-order valence-electron chi connectivity index (χ3n) is 0.904. The van der Waals surface area contributed by atoms with Crippen LogP contribution in [0.15, 0.2) is 24.3 Å². The van der Waals surface area contributed by atoms with Gasteiger partial charge in [0.25, 0.3) is 0 Å². The number of halogens is 2. The fourth-order valence-corrected chi connectivity index (χ4v) is 0.752. The van der Waals surface area contributed by atoms with Crippen LogP contribution in [0.1, 0.15) is 6.42 Å². The molecule has 0 heterocycles. The van der Waals surface area contributed by atoms with Crippen LogP contribution in [0, 0.1) is 0 Å². The van der Waals surface area contributed by atoms with Gasteiger partial charge in [-0.15, -0.1) is 6.58 Å². The highest BCUT2D eigenvalue weighted by Crippen LogP contribution is 2.07. The summed E-state index contributed by atoms with van der Waals surface area (Å²) in [6.07, 6.45) is 2.70. The van der Waals surface area contributed by atoms with Crippen LogP contribution in [0.4, 0.5) is 0 Å². The molecule has 2 nitrogen and oxygen atoms in total. The predicted molar refractivity (Wildman–Crippen MR) is 44.6 cm³/mol. The van der Waals surface area contributed by atoms with Crippen molar-refractivity contribution < 1.29 is 9.59 Å². The van der Waals surface area contributed by atoms with Gasteiger partial charge in [0, 0.05) is 11.6 Å². The zero-order valence-electron chi connectivity index (χ0n) is 5.64. The number of carbonyl (C=O) groups is 2. The Labute approximate surface area is 74.5 Å². The Morgan fingerprint density at radius 3 is 2.18 bits per heavy atom. The molecule has 0 fully saturated rings. The van der Waals surface area contributed by atoms with Crippen LogP contribution in [0.25, 0.3) is 0 Å². The van der Waals surface area contributed by atoms with Gasteiger partial charge >= 0.3 is 0 Å². The lowest BCUT2D eigenvalue weighted by molar-refractivity contribution is -0.110. The Balaban J connectivity index is 4.44. The predicted octanol–water partition coefficient (Wildman–Crippen LogP) is 2.02. The van der Waals surface area contributed by atoms with E-state index in [1.54, 1.807) is 0 Å². The molecule has 4 heteroatoms. The van der Waals surface area contributed by atoms with E-state index in [1.165, 1.54) is 6.08 Å². The van der Waals surface area contributed by atoms with Crippen LogP contribution >= 0.6 is 23.2 Å². The molecule has 0 saturated heterocycles. The first-order valence-corrected chi connectivity index (χ1v) is 3.54. The van der Waals surface area contributed by atoms with Gasteiger partial charge in [0.15, 0.2) is 0 Å². The maximum Gasteiger partial charge on any atom is 0.248 e. The van der Waals surface area contributed by atoms with Gasteiger partial charge in [-0.05, 0) is 29.6 Å². The lowest BCUT2D eigenvalue weighted by Crippen LogP contribution is -1.94. The van der Waals surface area contributed by atoms with E-state index in [1.807, 2.05) is 0 Å². The second kappa shape index (κ2) is 5.10. The summed E-state index contributed by atoms with van der Waals surface area (Å²) < 4.78 is 0. The number of carbonyl (C=O) groups excluding carboxylic acids is 2. The van der Waals surface area contributed by atoms with Crippen molar-refractivity contribution >= 4 is 33.7 Å². The average Bonchev–Trinajstić information content (AvgIpc) is 1.86. The minimum Gasteiger partial charge on any atom is -0.276 e. The second-order valence-corrected chi connectivity index (χ2v) is 2.46. The third-order valence-corrected chi connectivity index (χ3v) is 1.26. The molecule has 0 aliphatic rings. The molecule has 0 aliphatic heterocycles. The largest absolute Gasteiger partial charge is 0.276 e. The van der Waals surface area contributed by atoms with E-state index in [0.717, 1.165) is 6.08 Å². The van der Waals surface area contributed by atoms with Crippen LogP contribution in [0.3, 0.4) is 0 Å². The maximum atomic E-state index is 10.5. The normalized spacial score (nSPS) is 10.9. The zero-order chi connectivity index (χ0) is 8.85. The molecule has 0 aromatic carbocycles. The van der Waals surface area contributed by atoms with E-state index in [0.29, 0.717) is 0 Å². The summed E-state index contributed by atoms with van der Waals surface area (Å²) in [6.45, 7) is 3.38. The lowest BCUT2D eigenvalue weighted by Gasteiger charge is -1.93. The van der Waals surface area contributed by atoms with E-state index in [2.05, 4.69) is 6.58 Å². The van der Waals surface area contributed by atoms with Crippen LogP contribution in [-0.4, -0.2) is 10.5 Å². The van der Waals surface area contributed by atoms with Crippen LogP contribution < -0.4 is 0 Å². The van der Waals surface area contributed by atoms with Crippen LogP contribution in [0.2, 0.25) is 0 Å². The van der Waals surface area contributed by atoms with Crippen molar-refractivity contribution in [1.29, 1.82) is 0 Å². The van der Waals surface area contributed by atoms with Gasteiger partial charge in [-0.1, -0.05) is 6.08 Å². The van der Waals surface area contributed by atoms with Crippen molar-refractivity contribution in [1.82, 2.24) is 0 Å². The third kappa shape index (κ3) is 4.76. The SMILES string of the molecule is C=CCC(=CC(=O)Cl)C(=O)Cl. The molecule has 0 rings (SSSR count). The van der Waals surface area contributed by atoms with Gasteiger partial charge in [-0.2, -0.15) is 0 Å². The molecule has 0 radical (unpaired) electrons. The van der Waals surface area contributed by atoms with Gasteiger partial charge in [0.05, 0.1) is 0 Å². The fourth-order valence-electron chi connectivity index (χ4n) is 0.488. The standard InChI is InChI=1S/C7H6Cl2O2/c1-2-3-5(7(9)11)4-6(8)10/h2,4H,1,3H2. The minimum absolute atomic E-state index is 0.154. The number of rotatable bonds is 4. The molecule has 0 N–H and O–H groups in total. The Kier molecular flexibility index (Phi) is 4.83. The first-order valence-electron chi connectivity index (χ1n) is 2.78. The molecule has 11 heavy (non-hydrogen) atoms. The summed E-state index contributed by atoms with van der Waals surface area (Å²) in [6, 6.07) is 0. The Hall–Kier alpha value is -0.600. The van der Waals surface area contributed by atoms with Crippen molar-refractivity contribution in [3.8, 4) is 0 Å². The highest BCUT2D eigenvalue weighted by molar-refractivity contribution is 6.70. The summed E-state index contributed by atoms with van der Waals surface area (Å²) >= 11 is 10.1. The van der Waals surface area contributed by atoms with Crippen molar-refractivity contribution in [2.24, 2.45) is 0 Å². The van der Waals surface area contributed by atoms with Crippen LogP contribution in [0.5, 0.6) is 0 Å². The minimum atomic E-state index is -0.712. The van der Waals surface area contributed by atoms with E-state index in [9.17, 15) is 9.59 Å². The number of allylic oxidation sites excluding steroid dienone is 3. The summed E-state index contributed by atoms with van der Waals surface area (Å²) in [7, 11) is 0. The molecule has 0 spiro atoms. The maximum absolute atomic E-state index is 10.5. The Morgan fingerprint density at radius 2 is 1.91 bits per heavy atom. The monoisotopic (exact) mass is 192 g/mol. The molecule has 0 aromatic heterocycles. The molecular weight excluding hydrogens is 187 g/mol. The van der Waals surface area contributed by atoms with Crippen molar-refractivity contribution in [2.75, 3.05) is 0 Å². The molecule has 0 aliphatic carbocycles. The van der Waals surface area contributed by atoms with Gasteiger partial charge < -0.3 is 0 Å². The smallest absolute Gasteiger partial charge is 0.248 e. The molecule has 0 amide bonds. The van der Waals surface area contributed by atoms with Crippen molar-refractivity contribution in [3.05, 3.63) is 24.3 Å². The lowest BCUT2D eigenvalue weighted by atomic mass is 10.2. The fraction of sp³-hybridized carbons (Fsp3) is 0.143. The molecular formula is C7H6Cl2O2. The molecule has 0 aromatic rings. The highest BCUT2D eigenvalue weighted by atomic mass is 35.5. The van der Waals surface area contributed by atoms with Gasteiger partial charge in [-0.25, -0.2) is 0 Å². The highest BCUT2D eigenvalue weighted by Gasteiger charge is 2.04. The van der Waals surface area contributed by atoms with Gasteiger partial charge in [0.2, 0.25) is 10.5 Å². The summed E-state index contributed by atoms with van der Waals surface area (Å²) in [5.74, 6) is 0.